The minimum atomic E-state index is 0.790. The predicted molar refractivity (Wildman–Crippen MR) is 84.5 cm³/mol. The van der Waals surface area contributed by atoms with E-state index in [0.717, 1.165) is 18.7 Å². The maximum absolute atomic E-state index is 5.69. The SMILES string of the molecule is ClCCCCCCc1c(Br)ccc2ccccc12. The molecule has 18 heavy (non-hydrogen) atoms. The number of fused-ring (bicyclic) bond motifs is 1. The summed E-state index contributed by atoms with van der Waals surface area (Å²) < 4.78 is 1.23. The molecule has 0 aliphatic rings. The summed E-state index contributed by atoms with van der Waals surface area (Å²) in [6, 6.07) is 13.0. The maximum Gasteiger partial charge on any atom is 0.0223 e. The Balaban J connectivity index is 2.09. The molecular formula is C16H18BrCl. The average molecular weight is 326 g/mol. The Hall–Kier alpha value is -0.530. The van der Waals surface area contributed by atoms with Crippen LogP contribution in [0.15, 0.2) is 40.9 Å². The molecule has 0 saturated heterocycles. The number of unbranched alkanes of at least 4 members (excludes halogenated alkanes) is 3. The Morgan fingerprint density at radius 1 is 0.889 bits per heavy atom. The lowest BCUT2D eigenvalue weighted by Crippen LogP contribution is -1.90. The molecular weight excluding hydrogens is 308 g/mol. The molecule has 2 rings (SSSR count). The van der Waals surface area contributed by atoms with E-state index in [1.807, 2.05) is 0 Å². The Morgan fingerprint density at radius 3 is 2.50 bits per heavy atom. The highest BCUT2D eigenvalue weighted by molar-refractivity contribution is 9.10. The second kappa shape index (κ2) is 7.16. The van der Waals surface area contributed by atoms with Crippen molar-refractivity contribution >= 4 is 38.3 Å². The lowest BCUT2D eigenvalue weighted by Gasteiger charge is -2.09. The zero-order valence-corrected chi connectivity index (χ0v) is 12.8. The van der Waals surface area contributed by atoms with Crippen LogP contribution < -0.4 is 0 Å². The van der Waals surface area contributed by atoms with E-state index < -0.39 is 0 Å². The van der Waals surface area contributed by atoms with Crippen molar-refractivity contribution in [3.63, 3.8) is 0 Å². The maximum atomic E-state index is 5.69. The van der Waals surface area contributed by atoms with E-state index in [0.29, 0.717) is 0 Å². The molecule has 0 spiro atoms. The fourth-order valence-corrected chi connectivity index (χ4v) is 3.05. The van der Waals surface area contributed by atoms with E-state index in [-0.39, 0.29) is 0 Å². The Morgan fingerprint density at radius 2 is 1.67 bits per heavy atom. The van der Waals surface area contributed by atoms with Crippen molar-refractivity contribution in [2.45, 2.75) is 32.1 Å². The van der Waals surface area contributed by atoms with E-state index in [2.05, 4.69) is 52.3 Å². The van der Waals surface area contributed by atoms with Crippen LogP contribution in [0.1, 0.15) is 31.2 Å². The van der Waals surface area contributed by atoms with Gasteiger partial charge in [0.15, 0.2) is 0 Å². The summed E-state index contributed by atoms with van der Waals surface area (Å²) in [6.07, 6.45) is 6.03. The van der Waals surface area contributed by atoms with Gasteiger partial charge in [-0.2, -0.15) is 0 Å². The van der Waals surface area contributed by atoms with Crippen LogP contribution >= 0.6 is 27.5 Å². The van der Waals surface area contributed by atoms with Gasteiger partial charge in [-0.1, -0.05) is 59.1 Å². The van der Waals surface area contributed by atoms with Crippen LogP contribution in [-0.4, -0.2) is 5.88 Å². The smallest absolute Gasteiger partial charge is 0.0223 e. The van der Waals surface area contributed by atoms with Crippen LogP contribution in [0.4, 0.5) is 0 Å². The number of hydrogen-bond donors (Lipinski definition) is 0. The van der Waals surface area contributed by atoms with Crippen molar-refractivity contribution in [3.05, 3.63) is 46.4 Å². The normalized spacial score (nSPS) is 11.0. The first-order valence-electron chi connectivity index (χ1n) is 6.55. The summed E-state index contributed by atoms with van der Waals surface area (Å²) in [5, 5.41) is 2.71. The second-order valence-electron chi connectivity index (χ2n) is 4.60. The fraction of sp³-hybridized carbons (Fsp3) is 0.375. The van der Waals surface area contributed by atoms with Crippen molar-refractivity contribution in [1.29, 1.82) is 0 Å². The molecule has 0 N–H and O–H groups in total. The molecule has 2 heteroatoms. The Bertz CT molecular complexity index is 507. The molecule has 0 unspecified atom stereocenters. The number of benzene rings is 2. The summed E-state index contributed by atoms with van der Waals surface area (Å²) in [7, 11) is 0. The van der Waals surface area contributed by atoms with Crippen LogP contribution in [0.5, 0.6) is 0 Å². The van der Waals surface area contributed by atoms with E-state index >= 15 is 0 Å². The molecule has 0 atom stereocenters. The van der Waals surface area contributed by atoms with Gasteiger partial charge in [0.25, 0.3) is 0 Å². The van der Waals surface area contributed by atoms with E-state index in [4.69, 9.17) is 11.6 Å². The molecule has 0 amide bonds. The second-order valence-corrected chi connectivity index (χ2v) is 5.83. The molecule has 0 fully saturated rings. The average Bonchev–Trinajstić information content (AvgIpc) is 2.41. The molecule has 0 radical (unpaired) electrons. The molecule has 0 bridgehead atoms. The van der Waals surface area contributed by atoms with Gasteiger partial charge in [0.05, 0.1) is 0 Å². The first-order chi connectivity index (χ1) is 8.83. The number of aryl methyl sites for hydroxylation is 1. The number of hydrogen-bond acceptors (Lipinski definition) is 0. The van der Waals surface area contributed by atoms with Gasteiger partial charge in [0.2, 0.25) is 0 Å². The molecule has 96 valence electrons. The summed E-state index contributed by atoms with van der Waals surface area (Å²) in [6.45, 7) is 0. The lowest BCUT2D eigenvalue weighted by atomic mass is 9.99. The van der Waals surface area contributed by atoms with Gasteiger partial charge in [-0.25, -0.2) is 0 Å². The highest BCUT2D eigenvalue weighted by Crippen LogP contribution is 2.28. The summed E-state index contributed by atoms with van der Waals surface area (Å²) >= 11 is 9.37. The van der Waals surface area contributed by atoms with Crippen molar-refractivity contribution in [1.82, 2.24) is 0 Å². The zero-order valence-electron chi connectivity index (χ0n) is 10.5. The van der Waals surface area contributed by atoms with Crippen LogP contribution in [0.3, 0.4) is 0 Å². The van der Waals surface area contributed by atoms with E-state index in [9.17, 15) is 0 Å². The topological polar surface area (TPSA) is 0 Å². The van der Waals surface area contributed by atoms with Gasteiger partial charge in [-0.05, 0) is 41.7 Å². The van der Waals surface area contributed by atoms with Crippen LogP contribution in [0.2, 0.25) is 0 Å². The van der Waals surface area contributed by atoms with Crippen LogP contribution in [0.25, 0.3) is 10.8 Å². The first kappa shape index (κ1) is 13.9. The molecule has 0 aliphatic heterocycles. The molecule has 0 aromatic heterocycles. The zero-order chi connectivity index (χ0) is 12.8. The van der Waals surface area contributed by atoms with Gasteiger partial charge >= 0.3 is 0 Å². The van der Waals surface area contributed by atoms with Gasteiger partial charge in [-0.3, -0.25) is 0 Å². The van der Waals surface area contributed by atoms with E-state index in [1.54, 1.807) is 0 Å². The predicted octanol–water partition coefficient (Wildman–Crippen LogP) is 5.94. The largest absolute Gasteiger partial charge is 0.127 e. The van der Waals surface area contributed by atoms with Crippen molar-refractivity contribution < 1.29 is 0 Å². The Kier molecular flexibility index (Phi) is 5.52. The highest BCUT2D eigenvalue weighted by Gasteiger charge is 2.05. The van der Waals surface area contributed by atoms with Gasteiger partial charge in [-0.15, -0.1) is 11.6 Å². The minimum Gasteiger partial charge on any atom is -0.127 e. The summed E-state index contributed by atoms with van der Waals surface area (Å²) in [4.78, 5) is 0. The van der Waals surface area contributed by atoms with Crippen molar-refractivity contribution in [3.8, 4) is 0 Å². The van der Waals surface area contributed by atoms with Gasteiger partial charge in [0.1, 0.15) is 0 Å². The van der Waals surface area contributed by atoms with E-state index in [1.165, 1.54) is 40.1 Å². The molecule has 0 heterocycles. The third-order valence-electron chi connectivity index (χ3n) is 3.29. The lowest BCUT2D eigenvalue weighted by molar-refractivity contribution is 0.670. The van der Waals surface area contributed by atoms with Gasteiger partial charge < -0.3 is 0 Å². The minimum absolute atomic E-state index is 0.790. The summed E-state index contributed by atoms with van der Waals surface area (Å²) in [5.74, 6) is 0.790. The van der Waals surface area contributed by atoms with Crippen molar-refractivity contribution in [2.75, 3.05) is 5.88 Å². The third-order valence-corrected chi connectivity index (χ3v) is 4.30. The molecule has 0 nitrogen and oxygen atoms in total. The van der Waals surface area contributed by atoms with Gasteiger partial charge in [0, 0.05) is 10.4 Å². The summed E-state index contributed by atoms with van der Waals surface area (Å²) in [5.41, 5.74) is 1.44. The highest BCUT2D eigenvalue weighted by atomic mass is 79.9. The molecule has 2 aromatic carbocycles. The molecule has 2 aromatic rings. The Labute approximate surface area is 122 Å². The number of halogens is 2. The monoisotopic (exact) mass is 324 g/mol. The van der Waals surface area contributed by atoms with Crippen LogP contribution in [0, 0.1) is 0 Å². The van der Waals surface area contributed by atoms with Crippen molar-refractivity contribution in [2.24, 2.45) is 0 Å². The number of alkyl halides is 1. The quantitative estimate of drug-likeness (QED) is 0.455. The molecule has 0 saturated carbocycles. The standard InChI is InChI=1S/C16H18BrCl/c17-16-11-10-13-7-4-5-8-14(13)15(16)9-3-1-2-6-12-18/h4-5,7-8,10-11H,1-3,6,9,12H2. The fourth-order valence-electron chi connectivity index (χ4n) is 2.31. The first-order valence-corrected chi connectivity index (χ1v) is 7.88. The molecule has 0 aliphatic carbocycles. The third kappa shape index (κ3) is 3.49. The van der Waals surface area contributed by atoms with Crippen LogP contribution in [-0.2, 0) is 6.42 Å². The number of rotatable bonds is 6.